The quantitative estimate of drug-likeness (QED) is 0.588. The van der Waals surface area contributed by atoms with Gasteiger partial charge in [-0.2, -0.15) is 0 Å². The summed E-state index contributed by atoms with van der Waals surface area (Å²) in [5.41, 5.74) is 0. The van der Waals surface area contributed by atoms with Gasteiger partial charge in [-0.15, -0.1) is 11.6 Å². The van der Waals surface area contributed by atoms with E-state index in [2.05, 4.69) is 15.3 Å². The molecule has 3 nitrogen and oxygen atoms in total. The monoisotopic (exact) mass is 203 g/mol. The number of hydrogen-bond donors (Lipinski definition) is 1. The minimum absolute atomic E-state index is 0.425. The van der Waals surface area contributed by atoms with E-state index in [9.17, 15) is 4.39 Å². The summed E-state index contributed by atoms with van der Waals surface area (Å²) in [6.45, 7) is 0.762. The molecule has 72 valence electrons. The molecule has 0 aliphatic rings. The van der Waals surface area contributed by atoms with E-state index in [1.54, 1.807) is 0 Å². The molecule has 0 aromatic carbocycles. The average molecular weight is 204 g/mol. The maximum Gasteiger partial charge on any atom is 0.222 e. The number of nitrogens with zero attached hydrogens (tertiary/aromatic N) is 2. The Bertz CT molecular complexity index is 240. The topological polar surface area (TPSA) is 37.8 Å². The lowest BCUT2D eigenvalue weighted by molar-refractivity contribution is 0.614. The summed E-state index contributed by atoms with van der Waals surface area (Å²) in [6, 6.07) is 0. The number of unbranched alkanes of at least 4 members (excludes halogenated alkanes) is 1. The molecule has 0 radical (unpaired) electrons. The van der Waals surface area contributed by atoms with Crippen molar-refractivity contribution < 1.29 is 4.39 Å². The maximum atomic E-state index is 12.4. The first-order chi connectivity index (χ1) is 6.33. The Labute approximate surface area is 81.3 Å². The first kappa shape index (κ1) is 10.2. The normalized spacial score (nSPS) is 10.0. The highest BCUT2D eigenvalue weighted by Gasteiger charge is 1.94. The molecule has 13 heavy (non-hydrogen) atoms. The van der Waals surface area contributed by atoms with Crippen LogP contribution in [-0.2, 0) is 0 Å². The van der Waals surface area contributed by atoms with E-state index >= 15 is 0 Å². The maximum absolute atomic E-state index is 12.4. The molecule has 1 aromatic heterocycles. The van der Waals surface area contributed by atoms with Crippen LogP contribution in [0.15, 0.2) is 12.4 Å². The summed E-state index contributed by atoms with van der Waals surface area (Å²) >= 11 is 5.50. The summed E-state index contributed by atoms with van der Waals surface area (Å²) in [5.74, 6) is 0.689. The first-order valence-corrected chi connectivity index (χ1v) is 4.64. The molecule has 1 rings (SSSR count). The largest absolute Gasteiger partial charge is 0.354 e. The van der Waals surface area contributed by atoms with Gasteiger partial charge in [0.25, 0.3) is 0 Å². The Morgan fingerprint density at radius 2 is 2.00 bits per heavy atom. The lowest BCUT2D eigenvalue weighted by Crippen LogP contribution is -2.05. The van der Waals surface area contributed by atoms with Crippen LogP contribution in [0.25, 0.3) is 0 Å². The Kier molecular flexibility index (Phi) is 4.46. The number of hydrogen-bond acceptors (Lipinski definition) is 3. The van der Waals surface area contributed by atoms with Gasteiger partial charge in [0.15, 0.2) is 5.82 Å². The zero-order valence-electron chi connectivity index (χ0n) is 7.13. The highest BCUT2D eigenvalue weighted by atomic mass is 35.5. The summed E-state index contributed by atoms with van der Waals surface area (Å²) < 4.78 is 12.4. The Morgan fingerprint density at radius 3 is 2.62 bits per heavy atom. The van der Waals surface area contributed by atoms with Crippen molar-refractivity contribution in [1.82, 2.24) is 9.97 Å². The fraction of sp³-hybridized carbons (Fsp3) is 0.500. The van der Waals surface area contributed by atoms with Crippen molar-refractivity contribution in [3.8, 4) is 0 Å². The van der Waals surface area contributed by atoms with Gasteiger partial charge in [0, 0.05) is 12.4 Å². The molecule has 0 bridgehead atoms. The molecule has 1 heterocycles. The summed E-state index contributed by atoms with van der Waals surface area (Å²) in [5, 5.41) is 2.96. The van der Waals surface area contributed by atoms with Gasteiger partial charge >= 0.3 is 0 Å². The van der Waals surface area contributed by atoms with Gasteiger partial charge in [0.1, 0.15) is 0 Å². The molecule has 0 saturated carbocycles. The summed E-state index contributed by atoms with van der Waals surface area (Å²) in [6.07, 6.45) is 4.19. The predicted octanol–water partition coefficient (Wildman–Crippen LogP) is 2.05. The summed E-state index contributed by atoms with van der Waals surface area (Å²) in [7, 11) is 0. The van der Waals surface area contributed by atoms with Gasteiger partial charge in [0.05, 0.1) is 12.4 Å². The van der Waals surface area contributed by atoms with Crippen LogP contribution in [0.5, 0.6) is 0 Å². The molecule has 0 unspecified atom stereocenters. The van der Waals surface area contributed by atoms with Crippen molar-refractivity contribution in [2.75, 3.05) is 17.7 Å². The zero-order chi connectivity index (χ0) is 9.52. The second-order valence-corrected chi connectivity index (χ2v) is 2.93. The van der Waals surface area contributed by atoms with Crippen LogP contribution in [0.2, 0.25) is 0 Å². The van der Waals surface area contributed by atoms with E-state index in [0.29, 0.717) is 11.8 Å². The van der Waals surface area contributed by atoms with E-state index in [1.807, 2.05) is 0 Å². The Hall–Kier alpha value is -0.900. The highest BCUT2D eigenvalue weighted by molar-refractivity contribution is 6.17. The van der Waals surface area contributed by atoms with Crippen molar-refractivity contribution >= 4 is 17.5 Å². The van der Waals surface area contributed by atoms with Crippen LogP contribution in [0.1, 0.15) is 12.8 Å². The molecule has 0 fully saturated rings. The number of aromatic nitrogens is 2. The summed E-state index contributed by atoms with van der Waals surface area (Å²) in [4.78, 5) is 7.49. The van der Waals surface area contributed by atoms with Crippen LogP contribution < -0.4 is 5.32 Å². The lowest BCUT2D eigenvalue weighted by Gasteiger charge is -2.02. The van der Waals surface area contributed by atoms with Crippen LogP contribution >= 0.6 is 11.6 Å². The number of alkyl halides is 1. The predicted molar refractivity (Wildman–Crippen MR) is 50.4 cm³/mol. The van der Waals surface area contributed by atoms with E-state index in [0.717, 1.165) is 31.8 Å². The van der Waals surface area contributed by atoms with Crippen molar-refractivity contribution in [3.05, 3.63) is 18.2 Å². The third-order valence-electron chi connectivity index (χ3n) is 1.46. The van der Waals surface area contributed by atoms with Crippen LogP contribution in [0.3, 0.4) is 0 Å². The third kappa shape index (κ3) is 4.03. The van der Waals surface area contributed by atoms with E-state index in [-0.39, 0.29) is 0 Å². The fourth-order valence-electron chi connectivity index (χ4n) is 0.823. The molecule has 0 saturated heterocycles. The SMILES string of the molecule is Fc1cnc(NCCCCCl)nc1. The van der Waals surface area contributed by atoms with Gasteiger partial charge in [-0.25, -0.2) is 14.4 Å². The van der Waals surface area contributed by atoms with E-state index in [4.69, 9.17) is 11.6 Å². The molecule has 0 aliphatic heterocycles. The number of anilines is 1. The molecule has 1 aromatic rings. The van der Waals surface area contributed by atoms with Gasteiger partial charge in [0.2, 0.25) is 5.95 Å². The lowest BCUT2D eigenvalue weighted by atomic mass is 10.3. The van der Waals surface area contributed by atoms with Crippen molar-refractivity contribution in [2.45, 2.75) is 12.8 Å². The van der Waals surface area contributed by atoms with Crippen molar-refractivity contribution in [2.24, 2.45) is 0 Å². The molecular formula is C8H11ClFN3. The van der Waals surface area contributed by atoms with E-state index in [1.165, 1.54) is 0 Å². The molecule has 5 heteroatoms. The Morgan fingerprint density at radius 1 is 1.31 bits per heavy atom. The van der Waals surface area contributed by atoms with Crippen LogP contribution in [0.4, 0.5) is 10.3 Å². The second kappa shape index (κ2) is 5.70. The molecule has 0 atom stereocenters. The van der Waals surface area contributed by atoms with Crippen molar-refractivity contribution in [3.63, 3.8) is 0 Å². The Balaban J connectivity index is 2.25. The fourth-order valence-corrected chi connectivity index (χ4v) is 1.01. The minimum atomic E-state index is -0.425. The molecule has 1 N–H and O–H groups in total. The van der Waals surface area contributed by atoms with Gasteiger partial charge < -0.3 is 5.32 Å². The molecule has 0 aliphatic carbocycles. The molecule has 0 spiro atoms. The first-order valence-electron chi connectivity index (χ1n) is 4.10. The number of rotatable bonds is 5. The number of halogens is 2. The van der Waals surface area contributed by atoms with Gasteiger partial charge in [-0.1, -0.05) is 0 Å². The minimum Gasteiger partial charge on any atom is -0.354 e. The van der Waals surface area contributed by atoms with E-state index < -0.39 is 5.82 Å². The van der Waals surface area contributed by atoms with Gasteiger partial charge in [-0.3, -0.25) is 0 Å². The standard InChI is InChI=1S/C8H11ClFN3/c9-3-1-2-4-11-8-12-5-7(10)6-13-8/h5-6H,1-4H2,(H,11,12,13). The number of nitrogens with one attached hydrogen (secondary N) is 1. The molecular weight excluding hydrogens is 193 g/mol. The van der Waals surface area contributed by atoms with Crippen LogP contribution in [0, 0.1) is 5.82 Å². The third-order valence-corrected chi connectivity index (χ3v) is 1.73. The average Bonchev–Trinajstić information content (AvgIpc) is 2.15. The molecule has 0 amide bonds. The zero-order valence-corrected chi connectivity index (χ0v) is 7.89. The van der Waals surface area contributed by atoms with Gasteiger partial charge in [-0.05, 0) is 12.8 Å². The smallest absolute Gasteiger partial charge is 0.222 e. The highest BCUT2D eigenvalue weighted by Crippen LogP contribution is 1.99. The second-order valence-electron chi connectivity index (χ2n) is 2.55. The van der Waals surface area contributed by atoms with Crippen LogP contribution in [-0.4, -0.2) is 22.4 Å². The van der Waals surface area contributed by atoms with Crippen molar-refractivity contribution in [1.29, 1.82) is 0 Å².